The highest BCUT2D eigenvalue weighted by Crippen LogP contribution is 2.31. The van der Waals surface area contributed by atoms with Gasteiger partial charge in [-0.1, -0.05) is 35.9 Å². The van der Waals surface area contributed by atoms with Crippen LogP contribution in [0.1, 0.15) is 27.6 Å². The Morgan fingerprint density at radius 1 is 0.941 bits per heavy atom. The Hall–Kier alpha value is -3.71. The average Bonchev–Trinajstić information content (AvgIpc) is 2.85. The molecule has 0 atom stereocenters. The molecule has 1 heterocycles. The number of carbonyl (C=O) groups excluding carboxylic acids is 1. The number of piperazine rings is 1. The summed E-state index contributed by atoms with van der Waals surface area (Å²) in [5, 5.41) is 12.8. The van der Waals surface area contributed by atoms with Crippen LogP contribution < -0.4 is 19.9 Å². The lowest BCUT2D eigenvalue weighted by molar-refractivity contribution is 0.0698. The number of nitrogens with one attached hydrogen (secondary N) is 1. The number of ether oxygens (including phenoxy) is 1. The summed E-state index contributed by atoms with van der Waals surface area (Å²) in [6, 6.07) is 19.7. The molecule has 1 aliphatic heterocycles. The van der Waals surface area contributed by atoms with Crippen molar-refractivity contribution < 1.29 is 19.4 Å². The molecule has 1 amide bonds. The maximum absolute atomic E-state index is 12.6. The lowest BCUT2D eigenvalue weighted by atomic mass is 10.1. The largest absolute Gasteiger partial charge is 0.492 e. The van der Waals surface area contributed by atoms with Crippen LogP contribution in [0.2, 0.25) is 5.02 Å². The first-order valence-electron chi connectivity index (χ1n) is 11.1. The molecule has 0 bridgehead atoms. The van der Waals surface area contributed by atoms with Gasteiger partial charge in [-0.15, -0.1) is 0 Å². The number of carboxylic acid groups (broad SMARTS) is 1. The SMILES string of the molecule is CCOc1ccccc1N1CCN(c2ccc(NC(=O)c3ccccc3Cl)c(C(=O)O)c2)CC1. The summed E-state index contributed by atoms with van der Waals surface area (Å²) in [5.41, 5.74) is 2.40. The van der Waals surface area contributed by atoms with E-state index in [9.17, 15) is 14.7 Å². The Balaban J connectivity index is 1.49. The summed E-state index contributed by atoms with van der Waals surface area (Å²) < 4.78 is 5.76. The number of hydrogen-bond donors (Lipinski definition) is 2. The minimum Gasteiger partial charge on any atom is -0.492 e. The predicted octanol–water partition coefficient (Wildman–Crippen LogP) is 5.02. The van der Waals surface area contributed by atoms with E-state index in [1.54, 1.807) is 36.4 Å². The molecule has 2 N–H and O–H groups in total. The topological polar surface area (TPSA) is 82.1 Å². The summed E-state index contributed by atoms with van der Waals surface area (Å²) in [5.74, 6) is -0.701. The standard InChI is InChI=1S/C26H26ClN3O4/c1-2-34-24-10-6-5-9-23(24)30-15-13-29(14-16-30)18-11-12-22(20(17-18)26(32)33)28-25(31)19-7-3-4-8-21(19)27/h3-12,17H,2,13-16H2,1H3,(H,28,31)(H,32,33). The van der Waals surface area contributed by atoms with E-state index in [0.29, 0.717) is 11.6 Å². The molecule has 0 unspecified atom stereocenters. The molecule has 3 aromatic carbocycles. The van der Waals surface area contributed by atoms with Gasteiger partial charge in [-0.2, -0.15) is 0 Å². The van der Waals surface area contributed by atoms with Crippen molar-refractivity contribution in [2.75, 3.05) is 47.9 Å². The van der Waals surface area contributed by atoms with Crippen molar-refractivity contribution in [2.24, 2.45) is 0 Å². The van der Waals surface area contributed by atoms with Gasteiger partial charge in [0.05, 0.1) is 34.1 Å². The summed E-state index contributed by atoms with van der Waals surface area (Å²) in [6.45, 7) is 5.58. The van der Waals surface area contributed by atoms with Gasteiger partial charge in [-0.25, -0.2) is 4.79 Å². The minimum absolute atomic E-state index is 0.0297. The number of amides is 1. The molecule has 3 aromatic rings. The second-order valence-corrected chi connectivity index (χ2v) is 8.25. The normalized spacial score (nSPS) is 13.5. The van der Waals surface area contributed by atoms with E-state index in [2.05, 4.69) is 21.2 Å². The number of carboxylic acids is 1. The van der Waals surface area contributed by atoms with Gasteiger partial charge in [0, 0.05) is 31.9 Å². The van der Waals surface area contributed by atoms with Gasteiger partial charge >= 0.3 is 5.97 Å². The molecule has 34 heavy (non-hydrogen) atoms. The predicted molar refractivity (Wildman–Crippen MR) is 135 cm³/mol. The number of aromatic carboxylic acids is 1. The number of carbonyl (C=O) groups is 2. The highest BCUT2D eigenvalue weighted by molar-refractivity contribution is 6.34. The fourth-order valence-electron chi connectivity index (χ4n) is 4.05. The average molecular weight is 480 g/mol. The lowest BCUT2D eigenvalue weighted by Gasteiger charge is -2.38. The van der Waals surface area contributed by atoms with E-state index >= 15 is 0 Å². The molecular weight excluding hydrogens is 454 g/mol. The van der Waals surface area contributed by atoms with Gasteiger partial charge in [0.2, 0.25) is 0 Å². The Morgan fingerprint density at radius 2 is 1.62 bits per heavy atom. The fraction of sp³-hybridized carbons (Fsp3) is 0.231. The molecule has 8 heteroatoms. The minimum atomic E-state index is -1.11. The Morgan fingerprint density at radius 3 is 2.32 bits per heavy atom. The van der Waals surface area contributed by atoms with Crippen molar-refractivity contribution in [1.82, 2.24) is 0 Å². The van der Waals surface area contributed by atoms with Crippen LogP contribution in [0.4, 0.5) is 17.1 Å². The quantitative estimate of drug-likeness (QED) is 0.495. The fourth-order valence-corrected chi connectivity index (χ4v) is 4.27. The Bertz CT molecular complexity index is 1190. The number of hydrogen-bond acceptors (Lipinski definition) is 5. The zero-order valence-electron chi connectivity index (χ0n) is 18.8. The number of halogens is 1. The second-order valence-electron chi connectivity index (χ2n) is 7.84. The molecule has 0 aromatic heterocycles. The molecule has 7 nitrogen and oxygen atoms in total. The molecule has 0 aliphatic carbocycles. The zero-order chi connectivity index (χ0) is 24.1. The van der Waals surface area contributed by atoms with Crippen LogP contribution >= 0.6 is 11.6 Å². The molecule has 4 rings (SSSR count). The van der Waals surface area contributed by atoms with E-state index < -0.39 is 11.9 Å². The van der Waals surface area contributed by atoms with Gasteiger partial charge < -0.3 is 25.0 Å². The van der Waals surface area contributed by atoms with Crippen molar-refractivity contribution in [1.29, 1.82) is 0 Å². The summed E-state index contributed by atoms with van der Waals surface area (Å²) in [4.78, 5) is 29.0. The van der Waals surface area contributed by atoms with Gasteiger partial charge in [0.1, 0.15) is 5.75 Å². The third-order valence-corrected chi connectivity index (χ3v) is 6.08. The Kier molecular flexibility index (Phi) is 7.23. The molecule has 0 radical (unpaired) electrons. The van der Waals surface area contributed by atoms with E-state index in [1.165, 1.54) is 0 Å². The van der Waals surface area contributed by atoms with Crippen LogP contribution in [-0.2, 0) is 0 Å². The monoisotopic (exact) mass is 479 g/mol. The number of benzene rings is 3. The molecule has 1 fully saturated rings. The van der Waals surface area contributed by atoms with Crippen molar-refractivity contribution >= 4 is 40.5 Å². The highest BCUT2D eigenvalue weighted by Gasteiger charge is 2.22. The molecule has 0 saturated carbocycles. The van der Waals surface area contributed by atoms with Crippen LogP contribution in [0.15, 0.2) is 66.7 Å². The summed E-state index contributed by atoms with van der Waals surface area (Å²) in [7, 11) is 0. The van der Waals surface area contributed by atoms with E-state index in [1.807, 2.05) is 31.2 Å². The third-order valence-electron chi connectivity index (χ3n) is 5.75. The van der Waals surface area contributed by atoms with Gasteiger partial charge in [0.25, 0.3) is 5.91 Å². The molecule has 1 aliphatic rings. The number of para-hydroxylation sites is 2. The van der Waals surface area contributed by atoms with Crippen LogP contribution in [-0.4, -0.2) is 49.8 Å². The molecule has 176 valence electrons. The number of nitrogens with zero attached hydrogens (tertiary/aromatic N) is 2. The first-order chi connectivity index (χ1) is 16.5. The van der Waals surface area contributed by atoms with Crippen LogP contribution in [0.3, 0.4) is 0 Å². The van der Waals surface area contributed by atoms with Gasteiger partial charge in [-0.3, -0.25) is 4.79 Å². The van der Waals surface area contributed by atoms with Crippen molar-refractivity contribution in [3.63, 3.8) is 0 Å². The molecular formula is C26H26ClN3O4. The van der Waals surface area contributed by atoms with Crippen LogP contribution in [0.5, 0.6) is 5.75 Å². The van der Waals surface area contributed by atoms with Crippen LogP contribution in [0.25, 0.3) is 0 Å². The third kappa shape index (κ3) is 5.10. The van der Waals surface area contributed by atoms with Crippen LogP contribution in [0, 0.1) is 0 Å². The van der Waals surface area contributed by atoms with Crippen molar-refractivity contribution in [3.05, 3.63) is 82.9 Å². The van der Waals surface area contributed by atoms with E-state index in [-0.39, 0.29) is 16.8 Å². The smallest absolute Gasteiger partial charge is 0.337 e. The van der Waals surface area contributed by atoms with Gasteiger partial charge in [-0.05, 0) is 49.4 Å². The van der Waals surface area contributed by atoms with Gasteiger partial charge in [0.15, 0.2) is 0 Å². The second kappa shape index (κ2) is 10.5. The maximum atomic E-state index is 12.6. The number of anilines is 3. The van der Waals surface area contributed by atoms with E-state index in [0.717, 1.165) is 43.3 Å². The maximum Gasteiger partial charge on any atom is 0.337 e. The molecule has 1 saturated heterocycles. The van der Waals surface area contributed by atoms with Crippen molar-refractivity contribution in [2.45, 2.75) is 6.92 Å². The first-order valence-corrected chi connectivity index (χ1v) is 11.5. The molecule has 0 spiro atoms. The summed E-state index contributed by atoms with van der Waals surface area (Å²) >= 11 is 6.10. The number of rotatable bonds is 7. The first kappa shape index (κ1) is 23.4. The zero-order valence-corrected chi connectivity index (χ0v) is 19.6. The summed E-state index contributed by atoms with van der Waals surface area (Å²) in [6.07, 6.45) is 0. The lowest BCUT2D eigenvalue weighted by Crippen LogP contribution is -2.46. The van der Waals surface area contributed by atoms with Crippen molar-refractivity contribution in [3.8, 4) is 5.75 Å². The highest BCUT2D eigenvalue weighted by atomic mass is 35.5. The Labute approximate surface area is 203 Å². The van der Waals surface area contributed by atoms with E-state index in [4.69, 9.17) is 16.3 Å².